The van der Waals surface area contributed by atoms with E-state index in [-0.39, 0.29) is 12.3 Å². The van der Waals surface area contributed by atoms with Crippen LogP contribution in [-0.2, 0) is 16.0 Å². The maximum Gasteiger partial charge on any atom is 0.317 e. The molecule has 1 atom stereocenters. The number of hydrogen-bond acceptors (Lipinski definition) is 2. The van der Waals surface area contributed by atoms with Crippen molar-refractivity contribution in [1.82, 2.24) is 0 Å². The van der Waals surface area contributed by atoms with E-state index < -0.39 is 17.9 Å². The van der Waals surface area contributed by atoms with Crippen molar-refractivity contribution in [3.8, 4) is 0 Å². The highest BCUT2D eigenvalue weighted by Crippen LogP contribution is 2.24. The number of carboxylic acid groups (broad SMARTS) is 2. The van der Waals surface area contributed by atoms with E-state index in [0.717, 1.165) is 31.2 Å². The van der Waals surface area contributed by atoms with Crippen LogP contribution in [0.25, 0.3) is 0 Å². The van der Waals surface area contributed by atoms with Crippen molar-refractivity contribution in [3.63, 3.8) is 0 Å². The summed E-state index contributed by atoms with van der Waals surface area (Å²) in [6.45, 7) is 2.22. The Balaban J connectivity index is 2.47. The molecule has 0 radical (unpaired) electrons. The van der Waals surface area contributed by atoms with Crippen LogP contribution in [0, 0.1) is 11.8 Å². The molecule has 0 amide bonds. The maximum atomic E-state index is 11.2. The molecule has 0 aliphatic rings. The van der Waals surface area contributed by atoms with Gasteiger partial charge in [0.2, 0.25) is 0 Å². The van der Waals surface area contributed by atoms with Gasteiger partial charge in [0, 0.05) is 0 Å². The Kier molecular flexibility index (Phi) is 11.4. The Morgan fingerprint density at radius 3 is 1.92 bits per heavy atom. The summed E-state index contributed by atoms with van der Waals surface area (Å²) in [7, 11) is 0. The molecule has 0 aromatic heterocycles. The molecule has 4 nitrogen and oxygen atoms in total. The van der Waals surface area contributed by atoms with E-state index in [1.165, 1.54) is 38.5 Å². The molecule has 0 aliphatic heterocycles. The first-order valence-corrected chi connectivity index (χ1v) is 10.0. The Bertz CT molecular complexity index is 498. The van der Waals surface area contributed by atoms with Crippen molar-refractivity contribution in [2.45, 2.75) is 77.6 Å². The lowest BCUT2D eigenvalue weighted by molar-refractivity contribution is -0.155. The highest BCUT2D eigenvalue weighted by molar-refractivity contribution is 5.92. The van der Waals surface area contributed by atoms with Crippen LogP contribution in [0.4, 0.5) is 0 Å². The van der Waals surface area contributed by atoms with E-state index in [9.17, 15) is 19.8 Å². The van der Waals surface area contributed by atoms with Crippen LogP contribution in [0.3, 0.4) is 0 Å². The number of hydrogen-bond donors (Lipinski definition) is 2. The van der Waals surface area contributed by atoms with E-state index in [4.69, 9.17) is 0 Å². The van der Waals surface area contributed by atoms with Crippen molar-refractivity contribution in [3.05, 3.63) is 35.9 Å². The highest BCUT2D eigenvalue weighted by Gasteiger charge is 2.29. The zero-order valence-electron chi connectivity index (χ0n) is 16.0. The lowest BCUT2D eigenvalue weighted by Crippen LogP contribution is -2.26. The van der Waals surface area contributed by atoms with Crippen molar-refractivity contribution >= 4 is 11.9 Å². The van der Waals surface area contributed by atoms with Gasteiger partial charge in [0.05, 0.1) is 0 Å². The zero-order valence-corrected chi connectivity index (χ0v) is 16.0. The third kappa shape index (κ3) is 9.59. The molecule has 1 aromatic carbocycles. The van der Waals surface area contributed by atoms with Gasteiger partial charge in [0.25, 0.3) is 0 Å². The van der Waals surface area contributed by atoms with Gasteiger partial charge < -0.3 is 10.2 Å². The topological polar surface area (TPSA) is 74.6 Å². The summed E-state index contributed by atoms with van der Waals surface area (Å²) in [6.07, 6.45) is 11.7. The van der Waals surface area contributed by atoms with E-state index in [1.54, 1.807) is 0 Å². The molecule has 4 heteroatoms. The fraction of sp³-hybridized carbons (Fsp3) is 0.636. The van der Waals surface area contributed by atoms with Crippen LogP contribution in [0.15, 0.2) is 30.3 Å². The van der Waals surface area contributed by atoms with E-state index in [0.29, 0.717) is 0 Å². The van der Waals surface area contributed by atoms with E-state index in [1.807, 2.05) is 30.3 Å². The number of aliphatic carboxylic acids is 2. The summed E-state index contributed by atoms with van der Waals surface area (Å²) in [5.41, 5.74) is 1.14. The second kappa shape index (κ2) is 13.4. The van der Waals surface area contributed by atoms with Crippen LogP contribution in [0.5, 0.6) is 0 Å². The van der Waals surface area contributed by atoms with Gasteiger partial charge in [-0.15, -0.1) is 0 Å². The van der Waals surface area contributed by atoms with E-state index >= 15 is 0 Å². The van der Waals surface area contributed by atoms with Gasteiger partial charge in [-0.05, 0) is 24.3 Å². The molecule has 0 spiro atoms. The molecule has 2 N–H and O–H groups in total. The molecule has 0 saturated heterocycles. The largest absolute Gasteiger partial charge is 0.481 e. The summed E-state index contributed by atoms with van der Waals surface area (Å²) >= 11 is 0. The first-order chi connectivity index (χ1) is 12.5. The molecule has 0 bridgehead atoms. The molecule has 0 heterocycles. The highest BCUT2D eigenvalue weighted by atomic mass is 16.4. The van der Waals surface area contributed by atoms with Crippen LogP contribution < -0.4 is 0 Å². The number of carboxylic acids is 2. The Hall–Kier alpha value is -1.84. The second-order valence-corrected chi connectivity index (χ2v) is 7.28. The molecular formula is C22H34O4. The summed E-state index contributed by atoms with van der Waals surface area (Å²) in [6, 6.07) is 9.94. The normalized spacial score (nSPS) is 12.2. The minimum atomic E-state index is -1.31. The Labute approximate surface area is 157 Å². The first-order valence-electron chi connectivity index (χ1n) is 10.0. The van der Waals surface area contributed by atoms with Gasteiger partial charge in [-0.1, -0.05) is 95.0 Å². The Morgan fingerprint density at radius 2 is 1.38 bits per heavy atom. The molecule has 1 rings (SSSR count). The lowest BCUT2D eigenvalue weighted by atomic mass is 9.85. The maximum absolute atomic E-state index is 11.2. The van der Waals surface area contributed by atoms with Crippen molar-refractivity contribution in [2.24, 2.45) is 11.8 Å². The fourth-order valence-electron chi connectivity index (χ4n) is 3.46. The van der Waals surface area contributed by atoms with Crippen LogP contribution in [0.1, 0.15) is 76.7 Å². The van der Waals surface area contributed by atoms with Gasteiger partial charge >= 0.3 is 11.9 Å². The molecule has 0 saturated carbocycles. The van der Waals surface area contributed by atoms with Crippen LogP contribution in [0.2, 0.25) is 0 Å². The van der Waals surface area contributed by atoms with Crippen molar-refractivity contribution in [2.75, 3.05) is 0 Å². The molecular weight excluding hydrogens is 328 g/mol. The minimum Gasteiger partial charge on any atom is -0.481 e. The van der Waals surface area contributed by atoms with Gasteiger partial charge in [0.1, 0.15) is 0 Å². The SMILES string of the molecule is CCCCCCCCCCC(Cc1ccccc1)CC(C(=O)O)C(=O)O. The number of benzene rings is 1. The van der Waals surface area contributed by atoms with Gasteiger partial charge in [0.15, 0.2) is 5.92 Å². The number of unbranched alkanes of at least 4 members (excludes halogenated alkanes) is 7. The minimum absolute atomic E-state index is 0.0923. The van der Waals surface area contributed by atoms with Gasteiger partial charge in [-0.2, -0.15) is 0 Å². The van der Waals surface area contributed by atoms with Gasteiger partial charge in [-0.3, -0.25) is 9.59 Å². The number of rotatable bonds is 15. The average molecular weight is 363 g/mol. The average Bonchev–Trinajstić information content (AvgIpc) is 2.61. The summed E-state index contributed by atoms with van der Waals surface area (Å²) in [5, 5.41) is 18.4. The van der Waals surface area contributed by atoms with Crippen LogP contribution >= 0.6 is 0 Å². The molecule has 146 valence electrons. The molecule has 0 aliphatic carbocycles. The monoisotopic (exact) mass is 362 g/mol. The fourth-order valence-corrected chi connectivity index (χ4v) is 3.46. The Morgan fingerprint density at radius 1 is 0.846 bits per heavy atom. The number of carbonyl (C=O) groups is 2. The molecule has 0 fully saturated rings. The second-order valence-electron chi connectivity index (χ2n) is 7.28. The summed E-state index contributed by atoms with van der Waals surface area (Å²) in [4.78, 5) is 22.5. The standard InChI is InChI=1S/C22H34O4/c1-2-3-4-5-6-7-8-10-15-19(16-18-13-11-9-12-14-18)17-20(21(23)24)22(25)26/h9,11-14,19-20H,2-8,10,15-17H2,1H3,(H,23,24)(H,25,26). The molecule has 26 heavy (non-hydrogen) atoms. The van der Waals surface area contributed by atoms with Gasteiger partial charge in [-0.25, -0.2) is 0 Å². The van der Waals surface area contributed by atoms with E-state index in [2.05, 4.69) is 6.92 Å². The lowest BCUT2D eigenvalue weighted by Gasteiger charge is -2.19. The predicted molar refractivity (Wildman–Crippen MR) is 104 cm³/mol. The summed E-state index contributed by atoms with van der Waals surface area (Å²) in [5.74, 6) is -3.68. The molecule has 1 unspecified atom stereocenters. The smallest absolute Gasteiger partial charge is 0.317 e. The van der Waals surface area contributed by atoms with Crippen molar-refractivity contribution < 1.29 is 19.8 Å². The first kappa shape index (κ1) is 22.2. The quantitative estimate of drug-likeness (QED) is 0.317. The summed E-state index contributed by atoms with van der Waals surface area (Å²) < 4.78 is 0. The van der Waals surface area contributed by atoms with Crippen molar-refractivity contribution in [1.29, 1.82) is 0 Å². The van der Waals surface area contributed by atoms with Crippen LogP contribution in [-0.4, -0.2) is 22.2 Å². The third-order valence-electron chi connectivity index (χ3n) is 5.00. The molecule has 1 aromatic rings. The predicted octanol–water partition coefficient (Wildman–Crippen LogP) is 5.55. The zero-order chi connectivity index (χ0) is 19.2. The third-order valence-corrected chi connectivity index (χ3v) is 5.00.